The van der Waals surface area contributed by atoms with Gasteiger partial charge in [0.15, 0.2) is 0 Å². The molecule has 0 aromatic heterocycles. The Kier molecular flexibility index (Phi) is 5.77. The molecule has 1 amide bonds. The van der Waals surface area contributed by atoms with E-state index in [4.69, 9.17) is 17.0 Å². The van der Waals surface area contributed by atoms with Gasteiger partial charge >= 0.3 is 0 Å². The zero-order chi connectivity index (χ0) is 15.2. The van der Waals surface area contributed by atoms with Gasteiger partial charge < -0.3 is 16.0 Å². The highest BCUT2D eigenvalue weighted by Crippen LogP contribution is 2.19. The van der Waals surface area contributed by atoms with E-state index < -0.39 is 0 Å². The quantitative estimate of drug-likeness (QED) is 0.555. The van der Waals surface area contributed by atoms with Gasteiger partial charge in [-0.1, -0.05) is 38.4 Å². The zero-order valence-corrected chi connectivity index (χ0v) is 12.7. The molecule has 20 heavy (non-hydrogen) atoms. The standard InChI is InChI=1S/C15H20ClN3O/c1-15(2,3)14(17)8-13(9-18-10-20)19-12-6-4-5-11(16)7-12/h4-8,10,17,19H,9H2,1-3H3,(H,18,20)/b13-8-,17-14?. The van der Waals surface area contributed by atoms with E-state index in [1.807, 2.05) is 32.9 Å². The molecule has 4 nitrogen and oxygen atoms in total. The Bertz CT molecular complexity index is 518. The molecule has 1 aromatic carbocycles. The number of amides is 1. The SMILES string of the molecule is CC(C)(C)C(=N)/C=C(/CNC=O)Nc1cccc(Cl)c1. The lowest BCUT2D eigenvalue weighted by molar-refractivity contribution is -0.109. The molecule has 0 aliphatic heterocycles. The number of hydrogen-bond acceptors (Lipinski definition) is 3. The first-order valence-electron chi connectivity index (χ1n) is 6.32. The third-order valence-corrected chi connectivity index (χ3v) is 2.87. The number of benzene rings is 1. The van der Waals surface area contributed by atoms with E-state index in [0.717, 1.165) is 11.4 Å². The summed E-state index contributed by atoms with van der Waals surface area (Å²) >= 11 is 5.94. The van der Waals surface area contributed by atoms with Crippen molar-refractivity contribution in [1.82, 2.24) is 5.32 Å². The first-order chi connectivity index (χ1) is 9.32. The Morgan fingerprint density at radius 1 is 1.40 bits per heavy atom. The van der Waals surface area contributed by atoms with E-state index in [2.05, 4.69) is 10.6 Å². The largest absolute Gasteiger partial charge is 0.357 e. The van der Waals surface area contributed by atoms with Crippen LogP contribution in [0.3, 0.4) is 0 Å². The number of anilines is 1. The molecule has 0 saturated heterocycles. The summed E-state index contributed by atoms with van der Waals surface area (Å²) in [6.07, 6.45) is 2.37. The van der Waals surface area contributed by atoms with Crippen molar-refractivity contribution in [2.45, 2.75) is 20.8 Å². The molecule has 5 heteroatoms. The van der Waals surface area contributed by atoms with Gasteiger partial charge in [0, 0.05) is 27.5 Å². The van der Waals surface area contributed by atoms with Crippen molar-refractivity contribution < 1.29 is 4.79 Å². The van der Waals surface area contributed by atoms with E-state index in [9.17, 15) is 4.79 Å². The Balaban J connectivity index is 2.92. The van der Waals surface area contributed by atoms with Crippen molar-refractivity contribution in [3.05, 3.63) is 41.1 Å². The summed E-state index contributed by atoms with van der Waals surface area (Å²) in [7, 11) is 0. The average Bonchev–Trinajstić information content (AvgIpc) is 2.34. The Morgan fingerprint density at radius 2 is 2.10 bits per heavy atom. The van der Waals surface area contributed by atoms with Crippen LogP contribution in [0.5, 0.6) is 0 Å². The molecular formula is C15H20ClN3O. The van der Waals surface area contributed by atoms with Crippen LogP contribution in [0.4, 0.5) is 5.69 Å². The molecule has 0 heterocycles. The fraction of sp³-hybridized carbons (Fsp3) is 0.333. The molecule has 0 saturated carbocycles. The number of nitrogens with one attached hydrogen (secondary N) is 3. The highest BCUT2D eigenvalue weighted by molar-refractivity contribution is 6.30. The molecule has 3 N–H and O–H groups in total. The summed E-state index contributed by atoms with van der Waals surface area (Å²) in [5, 5.41) is 14.5. The highest BCUT2D eigenvalue weighted by atomic mass is 35.5. The summed E-state index contributed by atoms with van der Waals surface area (Å²) in [6, 6.07) is 7.29. The van der Waals surface area contributed by atoms with Gasteiger partial charge in [-0.3, -0.25) is 4.79 Å². The van der Waals surface area contributed by atoms with Crippen molar-refractivity contribution in [3.63, 3.8) is 0 Å². The minimum Gasteiger partial charge on any atom is -0.357 e. The number of hydrogen-bond donors (Lipinski definition) is 3. The van der Waals surface area contributed by atoms with Crippen molar-refractivity contribution in [3.8, 4) is 0 Å². The summed E-state index contributed by atoms with van der Waals surface area (Å²) < 4.78 is 0. The number of halogens is 1. The topological polar surface area (TPSA) is 65.0 Å². The first-order valence-corrected chi connectivity index (χ1v) is 6.70. The molecule has 0 aliphatic carbocycles. The molecule has 0 spiro atoms. The van der Waals surface area contributed by atoms with Crippen LogP contribution in [0.15, 0.2) is 36.0 Å². The average molecular weight is 294 g/mol. The van der Waals surface area contributed by atoms with Crippen molar-refractivity contribution >= 4 is 29.4 Å². The lowest BCUT2D eigenvalue weighted by Gasteiger charge is -2.19. The minimum absolute atomic E-state index is 0.248. The van der Waals surface area contributed by atoms with Crippen LogP contribution >= 0.6 is 11.6 Å². The van der Waals surface area contributed by atoms with Gasteiger partial charge in [0.2, 0.25) is 6.41 Å². The van der Waals surface area contributed by atoms with E-state index in [1.165, 1.54) is 0 Å². The fourth-order valence-electron chi connectivity index (χ4n) is 1.43. The van der Waals surface area contributed by atoms with Gasteiger partial charge in [0.25, 0.3) is 0 Å². The first kappa shape index (κ1) is 16.2. The molecule has 0 atom stereocenters. The van der Waals surface area contributed by atoms with Crippen LogP contribution in [0.2, 0.25) is 5.02 Å². The molecule has 0 unspecified atom stereocenters. The highest BCUT2D eigenvalue weighted by Gasteiger charge is 2.15. The van der Waals surface area contributed by atoms with Crippen LogP contribution in [-0.2, 0) is 4.79 Å². The molecule has 0 fully saturated rings. The Hall–Kier alpha value is -1.81. The van der Waals surface area contributed by atoms with Crippen LogP contribution in [0.1, 0.15) is 20.8 Å². The second-order valence-corrected chi connectivity index (χ2v) is 5.90. The Morgan fingerprint density at radius 3 is 2.65 bits per heavy atom. The second-order valence-electron chi connectivity index (χ2n) is 5.47. The minimum atomic E-state index is -0.248. The maximum absolute atomic E-state index is 10.5. The lowest BCUT2D eigenvalue weighted by Crippen LogP contribution is -2.23. The maximum atomic E-state index is 10.5. The fourth-order valence-corrected chi connectivity index (χ4v) is 1.62. The van der Waals surface area contributed by atoms with Crippen LogP contribution in [0, 0.1) is 10.8 Å². The molecule has 1 rings (SSSR count). The van der Waals surface area contributed by atoms with E-state index in [0.29, 0.717) is 23.7 Å². The van der Waals surface area contributed by atoms with Gasteiger partial charge in [-0.2, -0.15) is 0 Å². The molecule has 1 aromatic rings. The van der Waals surface area contributed by atoms with E-state index in [1.54, 1.807) is 18.2 Å². The smallest absolute Gasteiger partial charge is 0.207 e. The molecular weight excluding hydrogens is 274 g/mol. The monoisotopic (exact) mass is 293 g/mol. The third-order valence-electron chi connectivity index (χ3n) is 2.63. The number of allylic oxidation sites excluding steroid dienone is 1. The normalized spacial score (nSPS) is 11.9. The van der Waals surface area contributed by atoms with Crippen molar-refractivity contribution in [2.75, 3.05) is 11.9 Å². The van der Waals surface area contributed by atoms with Gasteiger partial charge in [-0.05, 0) is 24.3 Å². The summed E-state index contributed by atoms with van der Waals surface area (Å²) in [4.78, 5) is 10.5. The van der Waals surface area contributed by atoms with Gasteiger partial charge in [0.1, 0.15) is 0 Å². The number of carbonyl (C=O) groups is 1. The lowest BCUT2D eigenvalue weighted by atomic mass is 9.89. The molecule has 108 valence electrons. The van der Waals surface area contributed by atoms with E-state index >= 15 is 0 Å². The second kappa shape index (κ2) is 7.10. The summed E-state index contributed by atoms with van der Waals surface area (Å²) in [6.45, 7) is 6.23. The maximum Gasteiger partial charge on any atom is 0.207 e. The molecule has 0 aliphatic rings. The summed E-state index contributed by atoms with van der Waals surface area (Å²) in [5.74, 6) is 0. The van der Waals surface area contributed by atoms with Crippen molar-refractivity contribution in [1.29, 1.82) is 5.41 Å². The van der Waals surface area contributed by atoms with Crippen LogP contribution in [-0.4, -0.2) is 18.7 Å². The number of rotatable bonds is 6. The van der Waals surface area contributed by atoms with Gasteiger partial charge in [-0.15, -0.1) is 0 Å². The predicted octanol–water partition coefficient (Wildman–Crippen LogP) is 3.45. The summed E-state index contributed by atoms with van der Waals surface area (Å²) in [5.41, 5.74) is 1.79. The third kappa shape index (κ3) is 5.45. The van der Waals surface area contributed by atoms with Crippen LogP contribution < -0.4 is 10.6 Å². The van der Waals surface area contributed by atoms with Gasteiger partial charge in [-0.25, -0.2) is 0 Å². The van der Waals surface area contributed by atoms with Crippen molar-refractivity contribution in [2.24, 2.45) is 5.41 Å². The molecule has 0 bridgehead atoms. The van der Waals surface area contributed by atoms with Gasteiger partial charge in [0.05, 0.1) is 6.54 Å². The molecule has 0 radical (unpaired) electrons. The predicted molar refractivity (Wildman–Crippen MR) is 84.4 cm³/mol. The number of carbonyl (C=O) groups excluding carboxylic acids is 1. The Labute approximate surface area is 124 Å². The van der Waals surface area contributed by atoms with Crippen LogP contribution in [0.25, 0.3) is 0 Å². The zero-order valence-electron chi connectivity index (χ0n) is 12.0. The van der Waals surface area contributed by atoms with E-state index in [-0.39, 0.29) is 5.41 Å².